The molecule has 0 unspecified atom stereocenters. The third-order valence-corrected chi connectivity index (χ3v) is 4.94. The lowest BCUT2D eigenvalue weighted by Crippen LogP contribution is -2.41. The molecule has 0 bridgehead atoms. The van der Waals surface area contributed by atoms with Crippen molar-refractivity contribution in [3.8, 4) is 5.75 Å². The second kappa shape index (κ2) is 6.46. The largest absolute Gasteiger partial charge is 0.487 e. The third-order valence-electron chi connectivity index (χ3n) is 4.94. The first-order chi connectivity index (χ1) is 12.0. The van der Waals surface area contributed by atoms with E-state index >= 15 is 0 Å². The zero-order chi connectivity index (χ0) is 19.1. The first-order valence-electron chi connectivity index (χ1n) is 9.26. The summed E-state index contributed by atoms with van der Waals surface area (Å²) in [4.78, 5) is 12.8. The first-order valence-corrected chi connectivity index (χ1v) is 9.26. The van der Waals surface area contributed by atoms with E-state index in [1.807, 2.05) is 30.3 Å². The molecule has 0 saturated heterocycles. The van der Waals surface area contributed by atoms with Gasteiger partial charge in [0.25, 0.3) is 5.91 Å². The minimum atomic E-state index is -0.311. The van der Waals surface area contributed by atoms with Crippen molar-refractivity contribution in [2.45, 2.75) is 65.0 Å². The molecule has 0 aromatic heterocycles. The van der Waals surface area contributed by atoms with Crippen LogP contribution in [-0.2, 0) is 5.41 Å². The lowest BCUT2D eigenvalue weighted by atomic mass is 9.86. The van der Waals surface area contributed by atoms with Crippen molar-refractivity contribution in [2.75, 3.05) is 0 Å². The molecule has 0 radical (unpaired) electrons. The van der Waals surface area contributed by atoms with Crippen LogP contribution in [0.5, 0.6) is 5.75 Å². The van der Waals surface area contributed by atoms with Gasteiger partial charge in [0.2, 0.25) is 0 Å². The van der Waals surface area contributed by atoms with Gasteiger partial charge in [-0.25, -0.2) is 0 Å². The van der Waals surface area contributed by atoms with Gasteiger partial charge < -0.3 is 10.1 Å². The Kier molecular flexibility index (Phi) is 4.60. The molecule has 0 fully saturated rings. The minimum Gasteiger partial charge on any atom is -0.487 e. The average Bonchev–Trinajstić information content (AvgIpc) is 2.52. The molecule has 2 aromatic rings. The Bertz CT molecular complexity index is 813. The van der Waals surface area contributed by atoms with Crippen molar-refractivity contribution in [1.29, 1.82) is 0 Å². The standard InChI is InChI=1S/C23H29NO2/c1-15-7-12-18-19(14-23(5,6)26-20(18)13-15)24-21(25)16-8-10-17(11-9-16)22(2,3)4/h7-13,19H,14H2,1-6H3,(H,24,25)/t19-/m0/s1. The second-order valence-electron chi connectivity index (χ2n) is 8.96. The molecule has 3 nitrogen and oxygen atoms in total. The first kappa shape index (κ1) is 18.5. The van der Waals surface area contributed by atoms with Crippen molar-refractivity contribution >= 4 is 5.91 Å². The highest BCUT2D eigenvalue weighted by molar-refractivity contribution is 5.94. The van der Waals surface area contributed by atoms with Crippen molar-refractivity contribution in [1.82, 2.24) is 5.32 Å². The maximum absolute atomic E-state index is 12.8. The number of rotatable bonds is 2. The number of amides is 1. The van der Waals surface area contributed by atoms with Crippen LogP contribution >= 0.6 is 0 Å². The van der Waals surface area contributed by atoms with Crippen molar-refractivity contribution < 1.29 is 9.53 Å². The fourth-order valence-electron chi connectivity index (χ4n) is 3.45. The van der Waals surface area contributed by atoms with Crippen LogP contribution in [0.4, 0.5) is 0 Å². The van der Waals surface area contributed by atoms with E-state index in [0.29, 0.717) is 5.56 Å². The molecule has 26 heavy (non-hydrogen) atoms. The summed E-state index contributed by atoms with van der Waals surface area (Å²) in [6.45, 7) is 12.7. The van der Waals surface area contributed by atoms with Crippen LogP contribution in [0.2, 0.25) is 0 Å². The monoisotopic (exact) mass is 351 g/mol. The molecule has 1 aliphatic heterocycles. The highest BCUT2D eigenvalue weighted by Crippen LogP contribution is 2.40. The van der Waals surface area contributed by atoms with Crippen molar-refractivity contribution in [2.24, 2.45) is 0 Å². The van der Waals surface area contributed by atoms with E-state index in [2.05, 4.69) is 59.0 Å². The highest BCUT2D eigenvalue weighted by Gasteiger charge is 2.34. The number of nitrogens with one attached hydrogen (secondary N) is 1. The number of carbonyl (C=O) groups is 1. The summed E-state index contributed by atoms with van der Waals surface area (Å²) in [5, 5.41) is 3.21. The highest BCUT2D eigenvalue weighted by atomic mass is 16.5. The fourth-order valence-corrected chi connectivity index (χ4v) is 3.45. The van der Waals surface area contributed by atoms with Crippen LogP contribution < -0.4 is 10.1 Å². The number of carbonyl (C=O) groups excluding carboxylic acids is 1. The molecule has 1 aliphatic rings. The Morgan fingerprint density at radius 1 is 1.12 bits per heavy atom. The Hall–Kier alpha value is -2.29. The molecule has 138 valence electrons. The predicted octanol–water partition coefficient (Wildman–Crippen LogP) is 5.32. The molecule has 3 rings (SSSR count). The SMILES string of the molecule is Cc1ccc2c(c1)OC(C)(C)C[C@@H]2NC(=O)c1ccc(C(C)(C)C)cc1. The van der Waals surface area contributed by atoms with Gasteiger partial charge in [-0.3, -0.25) is 4.79 Å². The summed E-state index contributed by atoms with van der Waals surface area (Å²) in [7, 11) is 0. The van der Waals surface area contributed by atoms with Crippen LogP contribution in [-0.4, -0.2) is 11.5 Å². The quantitative estimate of drug-likeness (QED) is 0.795. The molecular weight excluding hydrogens is 322 g/mol. The lowest BCUT2D eigenvalue weighted by Gasteiger charge is -2.38. The van der Waals surface area contributed by atoms with E-state index in [0.717, 1.165) is 23.3 Å². The molecule has 0 saturated carbocycles. The van der Waals surface area contributed by atoms with Gasteiger partial charge in [-0.05, 0) is 55.5 Å². The number of ether oxygens (including phenoxy) is 1. The third kappa shape index (κ3) is 3.92. The van der Waals surface area contributed by atoms with Crippen molar-refractivity contribution in [3.63, 3.8) is 0 Å². The van der Waals surface area contributed by atoms with Gasteiger partial charge in [0.1, 0.15) is 11.4 Å². The molecule has 3 heteroatoms. The van der Waals surface area contributed by atoms with E-state index in [1.165, 1.54) is 5.56 Å². The molecule has 1 amide bonds. The number of benzene rings is 2. The number of aryl methyl sites for hydroxylation is 1. The van der Waals surface area contributed by atoms with Crippen LogP contribution in [0.1, 0.15) is 74.1 Å². The van der Waals surface area contributed by atoms with Gasteiger partial charge in [-0.15, -0.1) is 0 Å². The Morgan fingerprint density at radius 3 is 2.38 bits per heavy atom. The van der Waals surface area contributed by atoms with E-state index in [1.54, 1.807) is 0 Å². The Morgan fingerprint density at radius 2 is 1.77 bits per heavy atom. The summed E-state index contributed by atoms with van der Waals surface area (Å²) in [5.74, 6) is 0.828. The molecule has 0 spiro atoms. The molecule has 1 heterocycles. The summed E-state index contributed by atoms with van der Waals surface area (Å²) in [6.07, 6.45) is 0.745. The Balaban J connectivity index is 1.83. The lowest BCUT2D eigenvalue weighted by molar-refractivity contribution is 0.0619. The van der Waals surface area contributed by atoms with Gasteiger partial charge >= 0.3 is 0 Å². The summed E-state index contributed by atoms with van der Waals surface area (Å²) < 4.78 is 6.12. The van der Waals surface area contributed by atoms with Crippen LogP contribution in [0.3, 0.4) is 0 Å². The molecule has 1 N–H and O–H groups in total. The van der Waals surface area contributed by atoms with Gasteiger partial charge in [0, 0.05) is 17.5 Å². The summed E-state index contributed by atoms with van der Waals surface area (Å²) in [6, 6.07) is 14.0. The number of hydrogen-bond acceptors (Lipinski definition) is 2. The predicted molar refractivity (Wildman–Crippen MR) is 106 cm³/mol. The maximum Gasteiger partial charge on any atom is 0.251 e. The summed E-state index contributed by atoms with van der Waals surface area (Å²) >= 11 is 0. The summed E-state index contributed by atoms with van der Waals surface area (Å²) in [5.41, 5.74) is 3.89. The Labute approximate surface area is 156 Å². The average molecular weight is 351 g/mol. The van der Waals surface area contributed by atoms with E-state index < -0.39 is 0 Å². The minimum absolute atomic E-state index is 0.0420. The molecule has 1 atom stereocenters. The van der Waals surface area contributed by atoms with E-state index in [9.17, 15) is 4.79 Å². The fraction of sp³-hybridized carbons (Fsp3) is 0.435. The molecule has 2 aromatic carbocycles. The topological polar surface area (TPSA) is 38.3 Å². The van der Waals surface area contributed by atoms with Crippen LogP contribution in [0, 0.1) is 6.92 Å². The van der Waals surface area contributed by atoms with E-state index in [-0.39, 0.29) is 23.0 Å². The normalized spacial score (nSPS) is 18.6. The number of fused-ring (bicyclic) bond motifs is 1. The smallest absolute Gasteiger partial charge is 0.251 e. The van der Waals surface area contributed by atoms with Gasteiger partial charge in [0.05, 0.1) is 6.04 Å². The zero-order valence-corrected chi connectivity index (χ0v) is 16.6. The second-order valence-corrected chi connectivity index (χ2v) is 8.96. The van der Waals surface area contributed by atoms with Gasteiger partial charge in [0.15, 0.2) is 0 Å². The van der Waals surface area contributed by atoms with Crippen LogP contribution in [0.15, 0.2) is 42.5 Å². The number of hydrogen-bond donors (Lipinski definition) is 1. The van der Waals surface area contributed by atoms with Gasteiger partial charge in [-0.2, -0.15) is 0 Å². The van der Waals surface area contributed by atoms with E-state index in [4.69, 9.17) is 4.74 Å². The van der Waals surface area contributed by atoms with Gasteiger partial charge in [-0.1, -0.05) is 45.0 Å². The maximum atomic E-state index is 12.8. The molecular formula is C23H29NO2. The van der Waals surface area contributed by atoms with Crippen molar-refractivity contribution in [3.05, 3.63) is 64.7 Å². The zero-order valence-electron chi connectivity index (χ0n) is 16.6. The molecule has 0 aliphatic carbocycles. The van der Waals surface area contributed by atoms with Crippen LogP contribution in [0.25, 0.3) is 0 Å².